The van der Waals surface area contributed by atoms with E-state index in [4.69, 9.17) is 5.11 Å². The summed E-state index contributed by atoms with van der Waals surface area (Å²) >= 11 is 0. The van der Waals surface area contributed by atoms with Gasteiger partial charge in [0.2, 0.25) is 5.65 Å². The molecule has 8 heteroatoms. The first kappa shape index (κ1) is 11.2. The molecule has 0 aliphatic carbocycles. The van der Waals surface area contributed by atoms with Gasteiger partial charge in [0.25, 0.3) is 5.56 Å². The summed E-state index contributed by atoms with van der Waals surface area (Å²) in [5.41, 5.74) is -0.293. The van der Waals surface area contributed by atoms with E-state index in [0.717, 1.165) is 4.40 Å². The van der Waals surface area contributed by atoms with Gasteiger partial charge in [-0.3, -0.25) is 4.79 Å². The van der Waals surface area contributed by atoms with Gasteiger partial charge in [-0.05, 0) is 18.2 Å². The highest BCUT2D eigenvalue weighted by Gasteiger charge is 2.14. The maximum Gasteiger partial charge on any atom is 0.348 e. The van der Waals surface area contributed by atoms with Gasteiger partial charge in [0.15, 0.2) is 0 Å². The van der Waals surface area contributed by atoms with Crippen molar-refractivity contribution in [1.29, 1.82) is 0 Å². The van der Waals surface area contributed by atoms with E-state index in [-0.39, 0.29) is 11.2 Å². The standard InChI is InChI=1S/C11H8N4O4/c1-14-6-3-2-5(10(17)18)4-7(6)15-8(9(14)16)12-13-11(15)19/h2-4H,1H3,(H,13,19)(H,17,18). The van der Waals surface area contributed by atoms with E-state index in [2.05, 4.69) is 10.2 Å². The van der Waals surface area contributed by atoms with Crippen LogP contribution < -0.4 is 11.2 Å². The number of carbonyl (C=O) groups is 1. The number of nitrogens with zero attached hydrogens (tertiary/aromatic N) is 3. The number of carboxylic acid groups (broad SMARTS) is 1. The van der Waals surface area contributed by atoms with Crippen molar-refractivity contribution in [3.05, 3.63) is 44.6 Å². The first-order valence-electron chi connectivity index (χ1n) is 5.34. The van der Waals surface area contributed by atoms with E-state index in [9.17, 15) is 14.4 Å². The number of aromatic carboxylic acids is 1. The zero-order valence-electron chi connectivity index (χ0n) is 9.75. The fraction of sp³-hybridized carbons (Fsp3) is 0.0909. The van der Waals surface area contributed by atoms with Crippen LogP contribution in [0.25, 0.3) is 16.7 Å². The highest BCUT2D eigenvalue weighted by molar-refractivity contribution is 5.92. The summed E-state index contributed by atoms with van der Waals surface area (Å²) in [5.74, 6) is -1.11. The Morgan fingerprint density at radius 3 is 2.74 bits per heavy atom. The molecule has 8 nitrogen and oxygen atoms in total. The lowest BCUT2D eigenvalue weighted by Crippen LogP contribution is -2.23. The molecule has 0 aliphatic heterocycles. The number of benzene rings is 1. The van der Waals surface area contributed by atoms with Gasteiger partial charge in [-0.1, -0.05) is 0 Å². The maximum atomic E-state index is 12.0. The Hall–Kier alpha value is -2.90. The third kappa shape index (κ3) is 1.39. The third-order valence-electron chi connectivity index (χ3n) is 2.99. The van der Waals surface area contributed by atoms with Crippen LogP contribution in [0.2, 0.25) is 0 Å². The number of fused-ring (bicyclic) bond motifs is 3. The average Bonchev–Trinajstić information content (AvgIpc) is 2.77. The lowest BCUT2D eigenvalue weighted by Gasteiger charge is -2.06. The highest BCUT2D eigenvalue weighted by Crippen LogP contribution is 2.14. The van der Waals surface area contributed by atoms with Crippen molar-refractivity contribution in [2.75, 3.05) is 0 Å². The van der Waals surface area contributed by atoms with Crippen LogP contribution in [-0.2, 0) is 7.05 Å². The Labute approximate surface area is 104 Å². The van der Waals surface area contributed by atoms with E-state index in [0.29, 0.717) is 11.0 Å². The summed E-state index contributed by atoms with van der Waals surface area (Å²) in [7, 11) is 1.53. The van der Waals surface area contributed by atoms with Crippen molar-refractivity contribution in [3.8, 4) is 0 Å². The largest absolute Gasteiger partial charge is 0.478 e. The number of aromatic nitrogens is 4. The van der Waals surface area contributed by atoms with Crippen LogP contribution in [0.5, 0.6) is 0 Å². The Bertz CT molecular complexity index is 947. The molecule has 96 valence electrons. The van der Waals surface area contributed by atoms with Gasteiger partial charge in [0, 0.05) is 7.05 Å². The quantitative estimate of drug-likeness (QED) is 0.617. The van der Waals surface area contributed by atoms with E-state index in [1.54, 1.807) is 0 Å². The molecule has 0 atom stereocenters. The summed E-state index contributed by atoms with van der Waals surface area (Å²) in [4.78, 5) is 34.6. The first-order valence-corrected chi connectivity index (χ1v) is 5.34. The topological polar surface area (TPSA) is 109 Å². The summed E-state index contributed by atoms with van der Waals surface area (Å²) in [6.07, 6.45) is 0. The number of rotatable bonds is 1. The molecule has 3 rings (SSSR count). The fourth-order valence-electron chi connectivity index (χ4n) is 2.04. The minimum absolute atomic E-state index is 0.0283. The molecule has 0 aliphatic rings. The normalized spacial score (nSPS) is 11.2. The second-order valence-electron chi connectivity index (χ2n) is 4.06. The van der Waals surface area contributed by atoms with Gasteiger partial charge >= 0.3 is 11.7 Å². The van der Waals surface area contributed by atoms with Crippen LogP contribution >= 0.6 is 0 Å². The number of aryl methyl sites for hydroxylation is 1. The Kier molecular flexibility index (Phi) is 2.09. The van der Waals surface area contributed by atoms with Gasteiger partial charge in [-0.15, -0.1) is 5.10 Å². The summed E-state index contributed by atoms with van der Waals surface area (Å²) in [6, 6.07) is 4.20. The van der Waals surface area contributed by atoms with E-state index in [1.807, 2.05) is 0 Å². The Morgan fingerprint density at radius 1 is 1.32 bits per heavy atom. The number of hydrogen-bond donors (Lipinski definition) is 2. The van der Waals surface area contributed by atoms with Crippen molar-refractivity contribution >= 4 is 22.6 Å². The Balaban J connectivity index is 2.67. The molecule has 0 bridgehead atoms. The SMILES string of the molecule is Cn1c(=O)c2n[nH]c(=O)n2c2cc(C(=O)O)ccc21. The molecule has 0 radical (unpaired) electrons. The van der Waals surface area contributed by atoms with Crippen molar-refractivity contribution in [2.24, 2.45) is 7.05 Å². The van der Waals surface area contributed by atoms with Gasteiger partial charge < -0.3 is 9.67 Å². The lowest BCUT2D eigenvalue weighted by molar-refractivity contribution is 0.0697. The van der Waals surface area contributed by atoms with Crippen LogP contribution in [0.1, 0.15) is 10.4 Å². The molecule has 0 saturated carbocycles. The van der Waals surface area contributed by atoms with E-state index in [1.165, 1.54) is 29.8 Å². The third-order valence-corrected chi connectivity index (χ3v) is 2.99. The van der Waals surface area contributed by atoms with Crippen LogP contribution in [0.4, 0.5) is 0 Å². The Morgan fingerprint density at radius 2 is 2.05 bits per heavy atom. The van der Waals surface area contributed by atoms with Crippen molar-refractivity contribution in [3.63, 3.8) is 0 Å². The van der Waals surface area contributed by atoms with Gasteiger partial charge in [-0.2, -0.15) is 0 Å². The van der Waals surface area contributed by atoms with Crippen molar-refractivity contribution in [1.82, 2.24) is 19.2 Å². The van der Waals surface area contributed by atoms with E-state index >= 15 is 0 Å². The first-order chi connectivity index (χ1) is 9.00. The maximum absolute atomic E-state index is 12.0. The minimum atomic E-state index is -1.11. The molecular formula is C11H8N4O4. The zero-order chi connectivity index (χ0) is 13.7. The number of nitrogens with one attached hydrogen (secondary N) is 1. The number of carboxylic acids is 1. The van der Waals surface area contributed by atoms with Crippen molar-refractivity contribution in [2.45, 2.75) is 0 Å². The molecule has 1 aromatic carbocycles. The summed E-state index contributed by atoms with van der Waals surface area (Å²) in [6.45, 7) is 0. The molecule has 19 heavy (non-hydrogen) atoms. The zero-order valence-corrected chi connectivity index (χ0v) is 9.75. The second kappa shape index (κ2) is 3.55. The molecule has 0 saturated heterocycles. The monoisotopic (exact) mass is 260 g/mol. The smallest absolute Gasteiger partial charge is 0.348 e. The average molecular weight is 260 g/mol. The molecule has 0 amide bonds. The molecule has 2 heterocycles. The highest BCUT2D eigenvalue weighted by atomic mass is 16.4. The number of aromatic amines is 1. The minimum Gasteiger partial charge on any atom is -0.478 e. The van der Waals surface area contributed by atoms with E-state index < -0.39 is 17.2 Å². The van der Waals surface area contributed by atoms with Crippen molar-refractivity contribution < 1.29 is 9.90 Å². The molecule has 2 aromatic heterocycles. The van der Waals surface area contributed by atoms with Crippen LogP contribution in [0, 0.1) is 0 Å². The summed E-state index contributed by atoms with van der Waals surface area (Å²) < 4.78 is 2.39. The molecule has 3 aromatic rings. The van der Waals surface area contributed by atoms with Gasteiger partial charge in [-0.25, -0.2) is 19.1 Å². The molecule has 2 N–H and O–H groups in total. The summed E-state index contributed by atoms with van der Waals surface area (Å²) in [5, 5.41) is 14.8. The molecule has 0 spiro atoms. The van der Waals surface area contributed by atoms with Gasteiger partial charge in [0.1, 0.15) is 0 Å². The van der Waals surface area contributed by atoms with Crippen LogP contribution in [-0.4, -0.2) is 30.2 Å². The van der Waals surface area contributed by atoms with Gasteiger partial charge in [0.05, 0.1) is 16.6 Å². The number of H-pyrrole nitrogens is 1. The molecular weight excluding hydrogens is 252 g/mol. The predicted octanol–water partition coefficient (Wildman–Crippen LogP) is -0.427. The molecule has 0 unspecified atom stereocenters. The van der Waals surface area contributed by atoms with Crippen LogP contribution in [0.3, 0.4) is 0 Å². The molecule has 0 fully saturated rings. The lowest BCUT2D eigenvalue weighted by atomic mass is 10.2. The van der Waals surface area contributed by atoms with Crippen LogP contribution in [0.15, 0.2) is 27.8 Å². The fourth-order valence-corrected chi connectivity index (χ4v) is 2.04. The second-order valence-corrected chi connectivity index (χ2v) is 4.06. The predicted molar refractivity (Wildman–Crippen MR) is 65.5 cm³/mol. The number of hydrogen-bond acceptors (Lipinski definition) is 4.